The number of morpholine rings is 1. The van der Waals surface area contributed by atoms with Crippen LogP contribution in [0, 0.1) is 0 Å². The maximum atomic E-state index is 9.68. The minimum atomic E-state index is 0.0747. The average Bonchev–Trinajstić information content (AvgIpc) is 2.56. The van der Waals surface area contributed by atoms with Gasteiger partial charge in [0.2, 0.25) is 0 Å². The Bertz CT molecular complexity index is 548. The van der Waals surface area contributed by atoms with E-state index in [9.17, 15) is 5.11 Å². The molecule has 1 aromatic carbocycles. The fourth-order valence-corrected chi connectivity index (χ4v) is 2.41. The number of aromatic hydroxyl groups is 1. The molecule has 0 bridgehead atoms. The van der Waals surface area contributed by atoms with Crippen molar-refractivity contribution in [3.63, 3.8) is 0 Å². The molecule has 1 fully saturated rings. The third-order valence-electron chi connectivity index (χ3n) is 3.55. The molecule has 0 atom stereocenters. The molecule has 0 aromatic heterocycles. The number of hydrazone groups is 1. The van der Waals surface area contributed by atoms with Crippen molar-refractivity contribution < 1.29 is 19.5 Å². The van der Waals surface area contributed by atoms with Gasteiger partial charge in [-0.2, -0.15) is 5.10 Å². The summed E-state index contributed by atoms with van der Waals surface area (Å²) in [5.74, 6) is 0.503. The second-order valence-corrected chi connectivity index (χ2v) is 5.58. The summed E-state index contributed by atoms with van der Waals surface area (Å²) in [5, 5.41) is 17.3. The zero-order valence-electron chi connectivity index (χ0n) is 13.2. The quantitative estimate of drug-likeness (QED) is 0.306. The normalized spacial score (nSPS) is 15.5. The van der Waals surface area contributed by atoms with E-state index >= 15 is 0 Å². The number of rotatable bonds is 6. The Kier molecular flexibility index (Phi) is 7.05. The number of hydrogen-bond donors (Lipinski definition) is 4. The SMILES string of the molecule is COc1ccc(/C=N\NC(=S)NCC[NH+]2CCOCC2)cc1O. The smallest absolute Gasteiger partial charge is 0.187 e. The van der Waals surface area contributed by atoms with Gasteiger partial charge in [-0.25, -0.2) is 0 Å². The van der Waals surface area contributed by atoms with E-state index in [2.05, 4.69) is 15.8 Å². The molecule has 1 aliphatic heterocycles. The molecule has 1 saturated heterocycles. The molecule has 0 radical (unpaired) electrons. The number of ether oxygens (including phenoxy) is 2. The van der Waals surface area contributed by atoms with Gasteiger partial charge in [0.25, 0.3) is 0 Å². The topological polar surface area (TPSA) is 79.5 Å². The van der Waals surface area contributed by atoms with Crippen LogP contribution in [0.2, 0.25) is 0 Å². The van der Waals surface area contributed by atoms with Crippen LogP contribution in [0.5, 0.6) is 11.5 Å². The van der Waals surface area contributed by atoms with Gasteiger partial charge in [-0.1, -0.05) is 0 Å². The number of quaternary nitrogens is 1. The molecule has 0 aliphatic carbocycles. The molecule has 1 aliphatic rings. The molecule has 1 heterocycles. The molecular weight excluding hydrogens is 316 g/mol. The summed E-state index contributed by atoms with van der Waals surface area (Å²) in [6.45, 7) is 5.54. The average molecular weight is 339 g/mol. The highest BCUT2D eigenvalue weighted by Gasteiger charge is 2.12. The maximum Gasteiger partial charge on any atom is 0.187 e. The standard InChI is InChI=1S/C15H22N4O3S/c1-21-14-3-2-12(10-13(14)20)11-17-18-15(23)16-4-5-19-6-8-22-9-7-19/h2-3,10-11,20H,4-9H2,1H3,(H2,16,18,23)/p+1/b17-11-. The van der Waals surface area contributed by atoms with Crippen LogP contribution < -0.4 is 20.4 Å². The summed E-state index contributed by atoms with van der Waals surface area (Å²) in [6, 6.07) is 5.04. The van der Waals surface area contributed by atoms with Gasteiger partial charge < -0.3 is 24.8 Å². The first-order valence-corrected chi connectivity index (χ1v) is 7.95. The van der Waals surface area contributed by atoms with Crippen molar-refractivity contribution in [1.29, 1.82) is 0 Å². The van der Waals surface area contributed by atoms with Crippen molar-refractivity contribution in [2.24, 2.45) is 5.10 Å². The number of nitrogens with zero attached hydrogens (tertiary/aromatic N) is 1. The van der Waals surface area contributed by atoms with E-state index in [4.69, 9.17) is 21.7 Å². The summed E-state index contributed by atoms with van der Waals surface area (Å²) in [6.07, 6.45) is 1.58. The van der Waals surface area contributed by atoms with Gasteiger partial charge in [0, 0.05) is 0 Å². The molecule has 0 amide bonds. The van der Waals surface area contributed by atoms with E-state index < -0.39 is 0 Å². The zero-order chi connectivity index (χ0) is 16.5. The van der Waals surface area contributed by atoms with E-state index in [1.165, 1.54) is 12.0 Å². The molecule has 1 aromatic rings. The summed E-state index contributed by atoms with van der Waals surface area (Å²) in [5.41, 5.74) is 3.51. The van der Waals surface area contributed by atoms with Gasteiger partial charge in [-0.15, -0.1) is 0 Å². The Labute approximate surface area is 141 Å². The van der Waals surface area contributed by atoms with Crippen molar-refractivity contribution in [3.05, 3.63) is 23.8 Å². The minimum absolute atomic E-state index is 0.0747. The third-order valence-corrected chi connectivity index (χ3v) is 3.78. The number of phenols is 1. The molecule has 126 valence electrons. The minimum Gasteiger partial charge on any atom is -0.504 e. The predicted molar refractivity (Wildman–Crippen MR) is 92.4 cm³/mol. The van der Waals surface area contributed by atoms with E-state index in [1.54, 1.807) is 24.4 Å². The van der Waals surface area contributed by atoms with Crippen LogP contribution in [-0.2, 0) is 4.74 Å². The Balaban J connectivity index is 1.68. The van der Waals surface area contributed by atoms with Gasteiger partial charge in [0.05, 0.1) is 39.6 Å². The molecule has 7 nitrogen and oxygen atoms in total. The monoisotopic (exact) mass is 339 g/mol. The van der Waals surface area contributed by atoms with Gasteiger partial charge >= 0.3 is 0 Å². The van der Waals surface area contributed by atoms with Crippen molar-refractivity contribution in [1.82, 2.24) is 10.7 Å². The highest BCUT2D eigenvalue weighted by atomic mass is 32.1. The molecule has 23 heavy (non-hydrogen) atoms. The van der Waals surface area contributed by atoms with E-state index in [1.807, 2.05) is 0 Å². The van der Waals surface area contributed by atoms with Crippen molar-refractivity contribution in [2.75, 3.05) is 46.5 Å². The van der Waals surface area contributed by atoms with Crippen molar-refractivity contribution in [2.45, 2.75) is 0 Å². The Morgan fingerprint density at radius 2 is 2.26 bits per heavy atom. The zero-order valence-corrected chi connectivity index (χ0v) is 14.0. The van der Waals surface area contributed by atoms with Crippen LogP contribution in [0.1, 0.15) is 5.56 Å². The molecule has 0 saturated carbocycles. The highest BCUT2D eigenvalue weighted by molar-refractivity contribution is 7.80. The third kappa shape index (κ3) is 6.01. The fourth-order valence-electron chi connectivity index (χ4n) is 2.26. The lowest BCUT2D eigenvalue weighted by atomic mass is 10.2. The first kappa shape index (κ1) is 17.5. The maximum absolute atomic E-state index is 9.68. The largest absolute Gasteiger partial charge is 0.504 e. The van der Waals surface area contributed by atoms with Crippen LogP contribution in [-0.4, -0.2) is 62.9 Å². The summed E-state index contributed by atoms with van der Waals surface area (Å²) in [4.78, 5) is 1.52. The molecule has 4 N–H and O–H groups in total. The first-order chi connectivity index (χ1) is 11.2. The second kappa shape index (κ2) is 9.29. The molecule has 0 unspecified atom stereocenters. The van der Waals surface area contributed by atoms with Crippen molar-refractivity contribution in [3.8, 4) is 11.5 Å². The number of phenolic OH excluding ortho intramolecular Hbond substituents is 1. The lowest BCUT2D eigenvalue weighted by molar-refractivity contribution is -0.906. The lowest BCUT2D eigenvalue weighted by Crippen LogP contribution is -3.14. The Morgan fingerprint density at radius 3 is 2.96 bits per heavy atom. The van der Waals surface area contributed by atoms with Crippen LogP contribution >= 0.6 is 12.2 Å². The summed E-state index contributed by atoms with van der Waals surface area (Å²) < 4.78 is 10.3. The Hall–Kier alpha value is -1.90. The Morgan fingerprint density at radius 1 is 1.48 bits per heavy atom. The molecular formula is C15H23N4O3S+. The second-order valence-electron chi connectivity index (χ2n) is 5.17. The van der Waals surface area contributed by atoms with E-state index in [-0.39, 0.29) is 5.75 Å². The van der Waals surface area contributed by atoms with Gasteiger partial charge in [-0.3, -0.25) is 5.43 Å². The molecule has 0 spiro atoms. The van der Waals surface area contributed by atoms with Crippen molar-refractivity contribution >= 4 is 23.5 Å². The molecule has 8 heteroatoms. The summed E-state index contributed by atoms with van der Waals surface area (Å²) in [7, 11) is 1.51. The van der Waals surface area contributed by atoms with Crippen LogP contribution in [0.4, 0.5) is 0 Å². The van der Waals surface area contributed by atoms with Crippen LogP contribution in [0.3, 0.4) is 0 Å². The highest BCUT2D eigenvalue weighted by Crippen LogP contribution is 2.25. The van der Waals surface area contributed by atoms with Gasteiger partial charge in [-0.05, 0) is 36.0 Å². The van der Waals surface area contributed by atoms with Crippen LogP contribution in [0.15, 0.2) is 23.3 Å². The fraction of sp³-hybridized carbons (Fsp3) is 0.467. The first-order valence-electron chi connectivity index (χ1n) is 7.54. The molecule has 2 rings (SSSR count). The summed E-state index contributed by atoms with van der Waals surface area (Å²) >= 11 is 5.16. The van der Waals surface area contributed by atoms with Gasteiger partial charge in [0.1, 0.15) is 13.1 Å². The number of nitrogens with one attached hydrogen (secondary N) is 3. The number of methoxy groups -OCH3 is 1. The van der Waals surface area contributed by atoms with Crippen LogP contribution in [0.25, 0.3) is 0 Å². The number of hydrogen-bond acceptors (Lipinski definition) is 5. The van der Waals surface area contributed by atoms with E-state index in [0.29, 0.717) is 10.9 Å². The predicted octanol–water partition coefficient (Wildman–Crippen LogP) is -0.886. The van der Waals surface area contributed by atoms with E-state index in [0.717, 1.165) is 45.0 Å². The van der Waals surface area contributed by atoms with Gasteiger partial charge in [0.15, 0.2) is 16.6 Å². The lowest BCUT2D eigenvalue weighted by Gasteiger charge is -2.23. The number of benzene rings is 1. The number of thiocarbonyl (C=S) groups is 1.